The number of ether oxygens (including phenoxy) is 1. The van der Waals surface area contributed by atoms with Gasteiger partial charge in [-0.15, -0.1) is 0 Å². The Kier molecular flexibility index (Phi) is 3.24. The van der Waals surface area contributed by atoms with Crippen LogP contribution in [0.25, 0.3) is 21.8 Å². The zero-order chi connectivity index (χ0) is 15.6. The normalized spacial score (nSPS) is 11.0. The van der Waals surface area contributed by atoms with Crippen molar-refractivity contribution in [2.75, 3.05) is 0 Å². The van der Waals surface area contributed by atoms with Crippen LogP contribution in [-0.2, 0) is 6.61 Å². The number of pyridine rings is 1. The standard InChI is InChI=1S/C18H13N3O2/c22-18-15-9-14(7-8-17(15)19-11-20-18)23-10-13-6-5-12-3-1-2-4-16(12)21-13/h1-9,11H,10H2,(H,19,20,22). The molecule has 0 aliphatic carbocycles. The number of H-pyrrole nitrogens is 1. The molecule has 1 N–H and O–H groups in total. The SMILES string of the molecule is O=c1[nH]cnc2ccc(OCc3ccc4ccccc4n3)cc12. The molecular weight excluding hydrogens is 290 g/mol. The molecule has 112 valence electrons. The van der Waals surface area contributed by atoms with Gasteiger partial charge in [0.05, 0.1) is 28.4 Å². The van der Waals surface area contributed by atoms with Crippen molar-refractivity contribution in [2.24, 2.45) is 0 Å². The minimum atomic E-state index is -0.177. The van der Waals surface area contributed by atoms with Crippen LogP contribution in [0.5, 0.6) is 5.75 Å². The molecule has 0 aliphatic heterocycles. The third-order valence-electron chi connectivity index (χ3n) is 3.65. The summed E-state index contributed by atoms with van der Waals surface area (Å²) in [5, 5.41) is 1.61. The number of fused-ring (bicyclic) bond motifs is 2. The van der Waals surface area contributed by atoms with E-state index in [4.69, 9.17) is 4.74 Å². The van der Waals surface area contributed by atoms with Gasteiger partial charge < -0.3 is 9.72 Å². The lowest BCUT2D eigenvalue weighted by atomic mass is 10.2. The van der Waals surface area contributed by atoms with Crippen molar-refractivity contribution in [3.8, 4) is 5.75 Å². The van der Waals surface area contributed by atoms with Gasteiger partial charge in [-0.05, 0) is 30.3 Å². The van der Waals surface area contributed by atoms with Gasteiger partial charge in [0.25, 0.3) is 5.56 Å². The van der Waals surface area contributed by atoms with Gasteiger partial charge in [-0.1, -0.05) is 24.3 Å². The number of benzene rings is 2. The predicted molar refractivity (Wildman–Crippen MR) is 88.4 cm³/mol. The summed E-state index contributed by atoms with van der Waals surface area (Å²) in [5.41, 5.74) is 2.24. The van der Waals surface area contributed by atoms with E-state index in [1.165, 1.54) is 6.33 Å². The molecule has 0 fully saturated rings. The number of nitrogens with one attached hydrogen (secondary N) is 1. The van der Waals surface area contributed by atoms with Crippen molar-refractivity contribution in [3.63, 3.8) is 0 Å². The fourth-order valence-electron chi connectivity index (χ4n) is 2.48. The third kappa shape index (κ3) is 2.64. The van der Waals surface area contributed by atoms with Crippen LogP contribution in [0.4, 0.5) is 0 Å². The highest BCUT2D eigenvalue weighted by molar-refractivity contribution is 5.79. The van der Waals surface area contributed by atoms with Gasteiger partial charge in [0.1, 0.15) is 12.4 Å². The smallest absolute Gasteiger partial charge is 0.258 e. The Morgan fingerprint density at radius 3 is 2.87 bits per heavy atom. The van der Waals surface area contributed by atoms with E-state index in [1.807, 2.05) is 36.4 Å². The summed E-state index contributed by atoms with van der Waals surface area (Å²) in [6, 6.07) is 17.2. The van der Waals surface area contributed by atoms with Crippen LogP contribution in [-0.4, -0.2) is 15.0 Å². The number of nitrogens with zero attached hydrogens (tertiary/aromatic N) is 2. The van der Waals surface area contributed by atoms with Crippen LogP contribution in [0.1, 0.15) is 5.69 Å². The Morgan fingerprint density at radius 2 is 1.91 bits per heavy atom. The molecule has 5 heteroatoms. The number of rotatable bonds is 3. The monoisotopic (exact) mass is 303 g/mol. The maximum atomic E-state index is 11.8. The molecule has 0 unspecified atom stereocenters. The Hall–Kier alpha value is -3.21. The Labute approximate surface area is 131 Å². The highest BCUT2D eigenvalue weighted by Gasteiger charge is 2.03. The van der Waals surface area contributed by atoms with E-state index < -0.39 is 0 Å². The van der Waals surface area contributed by atoms with Gasteiger partial charge in [0.15, 0.2) is 0 Å². The minimum absolute atomic E-state index is 0.177. The van der Waals surface area contributed by atoms with Crippen LogP contribution < -0.4 is 10.3 Å². The van der Waals surface area contributed by atoms with E-state index in [2.05, 4.69) is 15.0 Å². The van der Waals surface area contributed by atoms with Crippen molar-refractivity contribution in [2.45, 2.75) is 6.61 Å². The first-order valence-corrected chi connectivity index (χ1v) is 7.24. The lowest BCUT2D eigenvalue weighted by Crippen LogP contribution is -2.06. The van der Waals surface area contributed by atoms with Gasteiger partial charge in [0, 0.05) is 5.39 Å². The number of aromatic amines is 1. The first-order valence-electron chi connectivity index (χ1n) is 7.24. The maximum absolute atomic E-state index is 11.8. The molecule has 2 aromatic heterocycles. The van der Waals surface area contributed by atoms with Crippen molar-refractivity contribution in [1.29, 1.82) is 0 Å². The molecule has 0 spiro atoms. The van der Waals surface area contributed by atoms with E-state index in [9.17, 15) is 4.79 Å². The molecule has 23 heavy (non-hydrogen) atoms. The Bertz CT molecular complexity index is 1060. The summed E-state index contributed by atoms with van der Waals surface area (Å²) in [5.74, 6) is 0.617. The van der Waals surface area contributed by atoms with E-state index in [1.54, 1.807) is 18.2 Å². The largest absolute Gasteiger partial charge is 0.487 e. The fraction of sp³-hybridized carbons (Fsp3) is 0.0556. The van der Waals surface area contributed by atoms with Gasteiger partial charge >= 0.3 is 0 Å². The second kappa shape index (κ2) is 5.53. The molecular formula is C18H13N3O2. The van der Waals surface area contributed by atoms with E-state index in [0.717, 1.165) is 16.6 Å². The van der Waals surface area contributed by atoms with Crippen LogP contribution in [0.15, 0.2) is 65.7 Å². The molecule has 4 rings (SSSR count). The lowest BCUT2D eigenvalue weighted by Gasteiger charge is -2.07. The van der Waals surface area contributed by atoms with Crippen molar-refractivity contribution >= 4 is 21.8 Å². The van der Waals surface area contributed by atoms with E-state index in [-0.39, 0.29) is 5.56 Å². The summed E-state index contributed by atoms with van der Waals surface area (Å²) in [4.78, 5) is 23.0. The first kappa shape index (κ1) is 13.5. The van der Waals surface area contributed by atoms with Crippen molar-refractivity contribution < 1.29 is 4.74 Å². The van der Waals surface area contributed by atoms with Gasteiger partial charge in [0.2, 0.25) is 0 Å². The summed E-state index contributed by atoms with van der Waals surface area (Å²) in [7, 11) is 0. The Balaban J connectivity index is 1.60. The number of para-hydroxylation sites is 1. The first-order chi connectivity index (χ1) is 11.3. The molecule has 0 aliphatic rings. The topological polar surface area (TPSA) is 67.9 Å². The van der Waals surface area contributed by atoms with Gasteiger partial charge in [-0.3, -0.25) is 4.79 Å². The molecule has 0 amide bonds. The average Bonchev–Trinajstić information content (AvgIpc) is 2.60. The molecule has 0 radical (unpaired) electrons. The predicted octanol–water partition coefficient (Wildman–Crippen LogP) is 3.05. The number of hydrogen-bond donors (Lipinski definition) is 1. The van der Waals surface area contributed by atoms with Gasteiger partial charge in [-0.2, -0.15) is 0 Å². The summed E-state index contributed by atoms with van der Waals surface area (Å²) in [6.45, 7) is 0.342. The van der Waals surface area contributed by atoms with Crippen LogP contribution in [0.3, 0.4) is 0 Å². The molecule has 0 saturated heterocycles. The van der Waals surface area contributed by atoms with Crippen LogP contribution >= 0.6 is 0 Å². The highest BCUT2D eigenvalue weighted by Crippen LogP contribution is 2.18. The molecule has 5 nitrogen and oxygen atoms in total. The highest BCUT2D eigenvalue weighted by atomic mass is 16.5. The fourth-order valence-corrected chi connectivity index (χ4v) is 2.48. The molecule has 0 bridgehead atoms. The quantitative estimate of drug-likeness (QED) is 0.631. The average molecular weight is 303 g/mol. The number of hydrogen-bond acceptors (Lipinski definition) is 4. The molecule has 0 saturated carbocycles. The zero-order valence-electron chi connectivity index (χ0n) is 12.2. The summed E-state index contributed by atoms with van der Waals surface area (Å²) < 4.78 is 5.76. The summed E-state index contributed by atoms with van der Waals surface area (Å²) in [6.07, 6.45) is 1.39. The Morgan fingerprint density at radius 1 is 1.00 bits per heavy atom. The van der Waals surface area contributed by atoms with E-state index in [0.29, 0.717) is 23.3 Å². The molecule has 2 heterocycles. The second-order valence-electron chi connectivity index (χ2n) is 5.19. The van der Waals surface area contributed by atoms with E-state index >= 15 is 0 Å². The molecule has 0 atom stereocenters. The lowest BCUT2D eigenvalue weighted by molar-refractivity contribution is 0.302. The molecule has 4 aromatic rings. The van der Waals surface area contributed by atoms with Crippen molar-refractivity contribution in [3.05, 3.63) is 77.0 Å². The molecule has 2 aromatic carbocycles. The summed E-state index contributed by atoms with van der Waals surface area (Å²) >= 11 is 0. The van der Waals surface area contributed by atoms with Crippen LogP contribution in [0, 0.1) is 0 Å². The minimum Gasteiger partial charge on any atom is -0.487 e. The number of aromatic nitrogens is 3. The van der Waals surface area contributed by atoms with Gasteiger partial charge in [-0.25, -0.2) is 9.97 Å². The maximum Gasteiger partial charge on any atom is 0.258 e. The zero-order valence-corrected chi connectivity index (χ0v) is 12.2. The third-order valence-corrected chi connectivity index (χ3v) is 3.65. The van der Waals surface area contributed by atoms with Crippen molar-refractivity contribution in [1.82, 2.24) is 15.0 Å². The van der Waals surface area contributed by atoms with Crippen LogP contribution in [0.2, 0.25) is 0 Å². The second-order valence-corrected chi connectivity index (χ2v) is 5.19.